The van der Waals surface area contributed by atoms with Gasteiger partial charge >= 0.3 is 0 Å². The molecule has 0 unspecified atom stereocenters. The van der Waals surface area contributed by atoms with E-state index in [0.29, 0.717) is 11.4 Å². The Morgan fingerprint density at radius 2 is 1.60 bits per heavy atom. The average Bonchev–Trinajstić information content (AvgIpc) is 2.78. The number of ether oxygens (including phenoxy) is 1. The van der Waals surface area contributed by atoms with E-state index in [-0.39, 0.29) is 11.8 Å². The van der Waals surface area contributed by atoms with E-state index < -0.39 is 0 Å². The highest BCUT2D eigenvalue weighted by molar-refractivity contribution is 6.30. The van der Waals surface area contributed by atoms with Crippen LogP contribution in [0.15, 0.2) is 78.9 Å². The zero-order chi connectivity index (χ0) is 20.8. The minimum Gasteiger partial charge on any atom is -0.455 e. The molecule has 0 radical (unpaired) electrons. The molecule has 1 amide bonds. The number of hydrogen-bond donors (Lipinski definition) is 1. The highest BCUT2D eigenvalue weighted by Crippen LogP contribution is 2.30. The molecule has 4 rings (SSSR count). The summed E-state index contributed by atoms with van der Waals surface area (Å²) in [5.74, 6) is 1.47. The standard InChI is InChI=1S/C25H25ClN2O2/c26-21-12-10-19(11-13-21)18-28-16-14-20(15-17-28)25(29)27-23-8-4-5-9-24(23)30-22-6-2-1-3-7-22/h1-13,20H,14-18H2,(H,27,29). The number of nitrogens with zero attached hydrogens (tertiary/aromatic N) is 1. The number of likely N-dealkylation sites (tertiary alicyclic amines) is 1. The molecule has 1 heterocycles. The van der Waals surface area contributed by atoms with Gasteiger partial charge in [-0.15, -0.1) is 0 Å². The van der Waals surface area contributed by atoms with E-state index in [4.69, 9.17) is 16.3 Å². The van der Waals surface area contributed by atoms with Gasteiger partial charge in [-0.05, 0) is 67.9 Å². The van der Waals surface area contributed by atoms with Gasteiger partial charge in [0.15, 0.2) is 5.75 Å². The number of anilines is 1. The molecule has 0 saturated carbocycles. The smallest absolute Gasteiger partial charge is 0.227 e. The molecule has 154 valence electrons. The molecular formula is C25H25ClN2O2. The van der Waals surface area contributed by atoms with Crippen LogP contribution in [0.1, 0.15) is 18.4 Å². The van der Waals surface area contributed by atoms with Gasteiger partial charge < -0.3 is 10.1 Å². The summed E-state index contributed by atoms with van der Waals surface area (Å²) < 4.78 is 5.96. The van der Waals surface area contributed by atoms with Crippen molar-refractivity contribution < 1.29 is 9.53 Å². The molecule has 3 aromatic carbocycles. The Morgan fingerprint density at radius 3 is 2.33 bits per heavy atom. The number of amides is 1. The van der Waals surface area contributed by atoms with E-state index in [1.807, 2.05) is 66.7 Å². The number of benzene rings is 3. The summed E-state index contributed by atoms with van der Waals surface area (Å²) >= 11 is 5.96. The predicted molar refractivity (Wildman–Crippen MR) is 121 cm³/mol. The number of halogens is 1. The van der Waals surface area contributed by atoms with Gasteiger partial charge in [0.25, 0.3) is 0 Å². The van der Waals surface area contributed by atoms with Crippen molar-refractivity contribution in [3.8, 4) is 11.5 Å². The summed E-state index contributed by atoms with van der Waals surface area (Å²) in [7, 11) is 0. The summed E-state index contributed by atoms with van der Waals surface area (Å²) in [6.45, 7) is 2.70. The average molecular weight is 421 g/mol. The number of carbonyl (C=O) groups excluding carboxylic acids is 1. The van der Waals surface area contributed by atoms with E-state index in [0.717, 1.165) is 43.2 Å². The molecule has 4 nitrogen and oxygen atoms in total. The Hall–Kier alpha value is -2.82. The maximum Gasteiger partial charge on any atom is 0.227 e. The van der Waals surface area contributed by atoms with E-state index in [9.17, 15) is 4.79 Å². The van der Waals surface area contributed by atoms with Crippen molar-refractivity contribution in [3.05, 3.63) is 89.4 Å². The lowest BCUT2D eigenvalue weighted by atomic mass is 9.95. The molecule has 0 aliphatic carbocycles. The van der Waals surface area contributed by atoms with E-state index in [1.165, 1.54) is 5.56 Å². The van der Waals surface area contributed by atoms with E-state index >= 15 is 0 Å². The molecule has 1 aliphatic heterocycles. The maximum absolute atomic E-state index is 12.9. The molecule has 1 aliphatic rings. The molecule has 3 aromatic rings. The first-order chi connectivity index (χ1) is 14.7. The highest BCUT2D eigenvalue weighted by Gasteiger charge is 2.25. The second kappa shape index (κ2) is 9.79. The first-order valence-electron chi connectivity index (χ1n) is 10.3. The van der Waals surface area contributed by atoms with Crippen LogP contribution in [0.4, 0.5) is 5.69 Å². The van der Waals surface area contributed by atoms with Gasteiger partial charge in [-0.3, -0.25) is 9.69 Å². The van der Waals surface area contributed by atoms with Gasteiger partial charge in [0.05, 0.1) is 5.69 Å². The van der Waals surface area contributed by atoms with Crippen LogP contribution in [0.2, 0.25) is 5.02 Å². The zero-order valence-corrected chi connectivity index (χ0v) is 17.5. The zero-order valence-electron chi connectivity index (χ0n) is 16.8. The Morgan fingerprint density at radius 1 is 0.933 bits per heavy atom. The van der Waals surface area contributed by atoms with Gasteiger partial charge in [0.2, 0.25) is 5.91 Å². The van der Waals surface area contributed by atoms with Crippen molar-refractivity contribution in [1.82, 2.24) is 4.90 Å². The quantitative estimate of drug-likeness (QED) is 0.533. The first-order valence-corrected chi connectivity index (χ1v) is 10.6. The van der Waals surface area contributed by atoms with Crippen molar-refractivity contribution in [2.45, 2.75) is 19.4 Å². The van der Waals surface area contributed by atoms with Crippen LogP contribution < -0.4 is 10.1 Å². The normalized spacial score (nSPS) is 15.0. The van der Waals surface area contributed by atoms with Crippen LogP contribution >= 0.6 is 11.6 Å². The van der Waals surface area contributed by atoms with Crippen molar-refractivity contribution in [1.29, 1.82) is 0 Å². The van der Waals surface area contributed by atoms with Crippen molar-refractivity contribution in [2.24, 2.45) is 5.92 Å². The molecule has 30 heavy (non-hydrogen) atoms. The van der Waals surface area contributed by atoms with Gasteiger partial charge in [-0.1, -0.05) is 54.1 Å². The molecule has 0 bridgehead atoms. The Balaban J connectivity index is 1.32. The van der Waals surface area contributed by atoms with Crippen molar-refractivity contribution >= 4 is 23.2 Å². The molecule has 1 saturated heterocycles. The minimum absolute atomic E-state index is 0.0104. The van der Waals surface area contributed by atoms with Gasteiger partial charge in [0, 0.05) is 17.5 Å². The van der Waals surface area contributed by atoms with Crippen LogP contribution in [0.25, 0.3) is 0 Å². The molecular weight excluding hydrogens is 396 g/mol. The third-order valence-electron chi connectivity index (χ3n) is 5.39. The van der Waals surface area contributed by atoms with Gasteiger partial charge in [-0.2, -0.15) is 0 Å². The Labute approximate surface area is 182 Å². The van der Waals surface area contributed by atoms with Crippen LogP contribution in [0.3, 0.4) is 0 Å². The third-order valence-corrected chi connectivity index (χ3v) is 5.65. The van der Waals surface area contributed by atoms with Crippen molar-refractivity contribution in [3.63, 3.8) is 0 Å². The molecule has 0 spiro atoms. The lowest BCUT2D eigenvalue weighted by Gasteiger charge is -2.31. The van der Waals surface area contributed by atoms with E-state index in [2.05, 4.69) is 22.3 Å². The summed E-state index contributed by atoms with van der Waals surface area (Å²) in [4.78, 5) is 15.3. The number of piperidine rings is 1. The lowest BCUT2D eigenvalue weighted by Crippen LogP contribution is -2.37. The Bertz CT molecular complexity index is 968. The number of para-hydroxylation sites is 3. The van der Waals surface area contributed by atoms with Crippen LogP contribution in [-0.2, 0) is 11.3 Å². The fourth-order valence-electron chi connectivity index (χ4n) is 3.71. The number of hydrogen-bond acceptors (Lipinski definition) is 3. The number of carbonyl (C=O) groups is 1. The van der Waals surface area contributed by atoms with Crippen LogP contribution in [-0.4, -0.2) is 23.9 Å². The molecule has 1 fully saturated rings. The summed E-state index contributed by atoms with van der Waals surface area (Å²) in [6.07, 6.45) is 1.70. The minimum atomic E-state index is 0.0104. The monoisotopic (exact) mass is 420 g/mol. The maximum atomic E-state index is 12.9. The molecule has 1 N–H and O–H groups in total. The SMILES string of the molecule is O=C(Nc1ccccc1Oc1ccccc1)C1CCN(Cc2ccc(Cl)cc2)CC1. The van der Waals surface area contributed by atoms with Crippen LogP contribution in [0, 0.1) is 5.92 Å². The fourth-order valence-corrected chi connectivity index (χ4v) is 3.84. The fraction of sp³-hybridized carbons (Fsp3) is 0.240. The number of rotatable bonds is 6. The third kappa shape index (κ3) is 5.41. The van der Waals surface area contributed by atoms with Crippen molar-refractivity contribution in [2.75, 3.05) is 18.4 Å². The van der Waals surface area contributed by atoms with Gasteiger partial charge in [0.1, 0.15) is 5.75 Å². The topological polar surface area (TPSA) is 41.6 Å². The summed E-state index contributed by atoms with van der Waals surface area (Å²) in [5, 5.41) is 3.83. The predicted octanol–water partition coefficient (Wildman–Crippen LogP) is 5.98. The number of nitrogens with one attached hydrogen (secondary N) is 1. The lowest BCUT2D eigenvalue weighted by molar-refractivity contribution is -0.121. The second-order valence-electron chi connectivity index (χ2n) is 7.58. The largest absolute Gasteiger partial charge is 0.455 e. The molecule has 0 aromatic heterocycles. The molecule has 0 atom stereocenters. The summed E-state index contributed by atoms with van der Waals surface area (Å²) in [6, 6.07) is 25.1. The molecule has 5 heteroatoms. The van der Waals surface area contributed by atoms with Gasteiger partial charge in [-0.25, -0.2) is 0 Å². The highest BCUT2D eigenvalue weighted by atomic mass is 35.5. The second-order valence-corrected chi connectivity index (χ2v) is 8.01. The Kier molecular flexibility index (Phi) is 6.67. The summed E-state index contributed by atoms with van der Waals surface area (Å²) in [5.41, 5.74) is 1.95. The first kappa shape index (κ1) is 20.5. The van der Waals surface area contributed by atoms with Crippen LogP contribution in [0.5, 0.6) is 11.5 Å². The van der Waals surface area contributed by atoms with E-state index in [1.54, 1.807) is 0 Å².